The molecule has 0 atom stereocenters. The zero-order valence-corrected chi connectivity index (χ0v) is 12.8. The largest absolute Gasteiger partial charge is 0.411 e. The van der Waals surface area contributed by atoms with Crippen molar-refractivity contribution >= 4 is 37.6 Å². The molecule has 1 aromatic heterocycles. The van der Waals surface area contributed by atoms with E-state index < -0.39 is 32.2 Å². The van der Waals surface area contributed by atoms with E-state index in [4.69, 9.17) is 5.73 Å². The van der Waals surface area contributed by atoms with Crippen LogP contribution in [0.2, 0.25) is 0 Å². The predicted octanol–water partition coefficient (Wildman–Crippen LogP) is 2.44. The summed E-state index contributed by atoms with van der Waals surface area (Å²) in [4.78, 5) is 10.9. The van der Waals surface area contributed by atoms with E-state index in [0.29, 0.717) is 11.3 Å². The van der Waals surface area contributed by atoms with Crippen LogP contribution in [0.5, 0.6) is 0 Å². The number of carbonyl (C=O) groups excluding carboxylic acids is 1. The molecule has 0 aliphatic heterocycles. The fourth-order valence-electron chi connectivity index (χ4n) is 1.96. The standard InChI is InChI=1S/C11H13F3N2O3S2/c1-5(17)7-6(15)8(21(2,18)19)9(20-7)16-10(3-4-10)11(12,13)14/h16H,3-4,15H2,1-2H3. The van der Waals surface area contributed by atoms with Gasteiger partial charge in [0.2, 0.25) is 0 Å². The van der Waals surface area contributed by atoms with Crippen LogP contribution in [0.3, 0.4) is 0 Å². The average Bonchev–Trinajstić information content (AvgIpc) is 2.95. The zero-order chi connectivity index (χ0) is 16.2. The number of rotatable bonds is 4. The molecule has 0 amide bonds. The van der Waals surface area contributed by atoms with Crippen molar-refractivity contribution in [3.8, 4) is 0 Å². The van der Waals surface area contributed by atoms with E-state index in [2.05, 4.69) is 5.32 Å². The summed E-state index contributed by atoms with van der Waals surface area (Å²) in [5.74, 6) is -0.493. The van der Waals surface area contributed by atoms with Gasteiger partial charge in [-0.15, -0.1) is 11.3 Å². The first-order chi connectivity index (χ1) is 9.39. The van der Waals surface area contributed by atoms with Gasteiger partial charge in [0.05, 0.1) is 10.6 Å². The lowest BCUT2D eigenvalue weighted by molar-refractivity contribution is -0.151. The Labute approximate surface area is 123 Å². The minimum atomic E-state index is -4.50. The quantitative estimate of drug-likeness (QED) is 0.821. The number of halogens is 3. The molecule has 1 aliphatic carbocycles. The van der Waals surface area contributed by atoms with E-state index in [1.54, 1.807) is 0 Å². The number of thiophene rings is 1. The maximum atomic E-state index is 13.0. The number of hydrogen-bond acceptors (Lipinski definition) is 6. The Balaban J connectivity index is 2.55. The van der Waals surface area contributed by atoms with Crippen molar-refractivity contribution in [1.82, 2.24) is 0 Å². The number of anilines is 2. The highest BCUT2D eigenvalue weighted by Gasteiger charge is 2.64. The van der Waals surface area contributed by atoms with Gasteiger partial charge in [-0.05, 0) is 12.8 Å². The Morgan fingerprint density at radius 3 is 2.24 bits per heavy atom. The molecular weight excluding hydrogens is 329 g/mol. The van der Waals surface area contributed by atoms with Crippen molar-refractivity contribution in [1.29, 1.82) is 0 Å². The van der Waals surface area contributed by atoms with Crippen LogP contribution in [0.25, 0.3) is 0 Å². The molecule has 0 spiro atoms. The smallest absolute Gasteiger partial charge is 0.396 e. The molecule has 10 heteroatoms. The lowest BCUT2D eigenvalue weighted by Crippen LogP contribution is -2.38. The van der Waals surface area contributed by atoms with Crippen LogP contribution >= 0.6 is 11.3 Å². The first-order valence-electron chi connectivity index (χ1n) is 5.87. The van der Waals surface area contributed by atoms with Crippen molar-refractivity contribution in [2.75, 3.05) is 17.3 Å². The number of carbonyl (C=O) groups is 1. The van der Waals surface area contributed by atoms with E-state index in [9.17, 15) is 26.4 Å². The molecule has 2 rings (SSSR count). The van der Waals surface area contributed by atoms with Crippen LogP contribution in [-0.2, 0) is 9.84 Å². The number of nitrogen functional groups attached to an aromatic ring is 1. The number of nitrogens with one attached hydrogen (secondary N) is 1. The highest BCUT2D eigenvalue weighted by Crippen LogP contribution is 2.53. The molecule has 0 aromatic carbocycles. The third-order valence-electron chi connectivity index (χ3n) is 3.24. The number of sulfone groups is 1. The maximum absolute atomic E-state index is 13.0. The van der Waals surface area contributed by atoms with Crippen molar-refractivity contribution in [2.24, 2.45) is 0 Å². The first-order valence-corrected chi connectivity index (χ1v) is 8.58. The van der Waals surface area contributed by atoms with Gasteiger partial charge in [0.25, 0.3) is 0 Å². The average molecular weight is 342 g/mol. The van der Waals surface area contributed by atoms with E-state index >= 15 is 0 Å². The highest BCUT2D eigenvalue weighted by molar-refractivity contribution is 7.91. The molecule has 1 aliphatic rings. The lowest BCUT2D eigenvalue weighted by atomic mass is 10.2. The summed E-state index contributed by atoms with van der Waals surface area (Å²) in [6.07, 6.45) is -3.95. The number of hydrogen-bond donors (Lipinski definition) is 2. The fourth-order valence-corrected chi connectivity index (χ4v) is 4.50. The number of alkyl halides is 3. The summed E-state index contributed by atoms with van der Waals surface area (Å²) in [6.45, 7) is 1.18. The molecule has 1 aromatic rings. The van der Waals surface area contributed by atoms with Gasteiger partial charge in [-0.2, -0.15) is 13.2 Å². The summed E-state index contributed by atoms with van der Waals surface area (Å²) < 4.78 is 62.4. The van der Waals surface area contributed by atoms with E-state index in [1.807, 2.05) is 0 Å². The number of nitrogens with two attached hydrogens (primary N) is 1. The third-order valence-corrected chi connectivity index (χ3v) is 5.75. The van der Waals surface area contributed by atoms with Gasteiger partial charge in [0.15, 0.2) is 15.6 Å². The molecule has 0 bridgehead atoms. The Hall–Kier alpha value is -1.29. The van der Waals surface area contributed by atoms with Crippen molar-refractivity contribution < 1.29 is 26.4 Å². The molecule has 21 heavy (non-hydrogen) atoms. The van der Waals surface area contributed by atoms with Crippen LogP contribution < -0.4 is 11.1 Å². The monoisotopic (exact) mass is 342 g/mol. The van der Waals surface area contributed by atoms with Gasteiger partial charge >= 0.3 is 6.18 Å². The molecule has 5 nitrogen and oxygen atoms in total. The minimum Gasteiger partial charge on any atom is -0.396 e. The minimum absolute atomic E-state index is 0.0594. The van der Waals surface area contributed by atoms with Crippen LogP contribution in [0, 0.1) is 0 Å². The summed E-state index contributed by atoms with van der Waals surface area (Å²) in [5.41, 5.74) is 3.21. The van der Waals surface area contributed by atoms with Crippen LogP contribution in [0.1, 0.15) is 29.4 Å². The Morgan fingerprint density at radius 2 is 1.90 bits per heavy atom. The van der Waals surface area contributed by atoms with Gasteiger partial charge < -0.3 is 11.1 Å². The molecule has 3 N–H and O–H groups in total. The van der Waals surface area contributed by atoms with Crippen molar-refractivity contribution in [2.45, 2.75) is 36.4 Å². The number of Topliss-reactive ketones (excluding diaryl/α,β-unsaturated/α-hetero) is 1. The van der Waals surface area contributed by atoms with Gasteiger partial charge in [-0.1, -0.05) is 0 Å². The lowest BCUT2D eigenvalue weighted by Gasteiger charge is -2.21. The maximum Gasteiger partial charge on any atom is 0.411 e. The molecule has 1 fully saturated rings. The molecule has 0 saturated heterocycles. The fraction of sp³-hybridized carbons (Fsp3) is 0.545. The second-order valence-electron chi connectivity index (χ2n) is 5.04. The summed E-state index contributed by atoms with van der Waals surface area (Å²) in [5, 5.41) is 2.02. The van der Waals surface area contributed by atoms with E-state index in [-0.39, 0.29) is 28.4 Å². The molecule has 0 radical (unpaired) electrons. The van der Waals surface area contributed by atoms with Crippen LogP contribution in [0.4, 0.5) is 23.9 Å². The van der Waals surface area contributed by atoms with Gasteiger partial charge in [0, 0.05) is 13.2 Å². The topological polar surface area (TPSA) is 89.3 Å². The SMILES string of the molecule is CC(=O)c1sc(NC2(C(F)(F)F)CC2)c(S(C)(=O)=O)c1N. The molecule has 118 valence electrons. The zero-order valence-electron chi connectivity index (χ0n) is 11.2. The summed E-state index contributed by atoms with van der Waals surface area (Å²) in [6, 6.07) is 0. The number of ketones is 1. The summed E-state index contributed by atoms with van der Waals surface area (Å²) in [7, 11) is -3.86. The van der Waals surface area contributed by atoms with Gasteiger partial charge in [-0.25, -0.2) is 8.42 Å². The van der Waals surface area contributed by atoms with E-state index in [0.717, 1.165) is 6.26 Å². The van der Waals surface area contributed by atoms with Crippen LogP contribution in [-0.4, -0.2) is 32.2 Å². The second-order valence-corrected chi connectivity index (χ2v) is 8.01. The summed E-state index contributed by atoms with van der Waals surface area (Å²) >= 11 is 0.639. The Bertz CT molecular complexity index is 703. The van der Waals surface area contributed by atoms with Crippen molar-refractivity contribution in [3.05, 3.63) is 4.88 Å². The predicted molar refractivity (Wildman–Crippen MR) is 73.5 cm³/mol. The molecular formula is C11H13F3N2O3S2. The Morgan fingerprint density at radius 1 is 1.38 bits per heavy atom. The van der Waals surface area contributed by atoms with Gasteiger partial charge in [0.1, 0.15) is 15.4 Å². The third kappa shape index (κ3) is 2.73. The van der Waals surface area contributed by atoms with E-state index in [1.165, 1.54) is 6.92 Å². The molecule has 0 unspecified atom stereocenters. The van der Waals surface area contributed by atoms with Gasteiger partial charge in [-0.3, -0.25) is 4.79 Å². The van der Waals surface area contributed by atoms with Crippen LogP contribution in [0.15, 0.2) is 4.90 Å². The first kappa shape index (κ1) is 16.1. The second kappa shape index (κ2) is 4.60. The molecule has 1 saturated carbocycles. The Kier molecular flexibility index (Phi) is 3.53. The molecule has 1 heterocycles. The van der Waals surface area contributed by atoms with Crippen molar-refractivity contribution in [3.63, 3.8) is 0 Å². The highest BCUT2D eigenvalue weighted by atomic mass is 32.2. The normalized spacial score (nSPS) is 17.6.